The molecular formula is C8H8FNO2S. The molecule has 0 fully saturated rings. The fourth-order valence-electron chi connectivity index (χ4n) is 0.874. The first-order valence-electron chi connectivity index (χ1n) is 3.43. The molecule has 2 N–H and O–H groups in total. The molecule has 0 amide bonds. The van der Waals surface area contributed by atoms with Gasteiger partial charge in [-0.1, -0.05) is 0 Å². The Kier molecular flexibility index (Phi) is 3.27. The van der Waals surface area contributed by atoms with Gasteiger partial charge in [-0.3, -0.25) is 5.14 Å². The Morgan fingerprint density at radius 1 is 1.62 bits per heavy atom. The van der Waals surface area contributed by atoms with Crippen molar-refractivity contribution in [3.8, 4) is 0 Å². The summed E-state index contributed by atoms with van der Waals surface area (Å²) in [4.78, 5) is 11.6. The molecule has 0 aromatic heterocycles. The average molecular weight is 201 g/mol. The highest BCUT2D eigenvalue weighted by atomic mass is 32.2. The fourth-order valence-corrected chi connectivity index (χ4v) is 1.29. The summed E-state index contributed by atoms with van der Waals surface area (Å²) < 4.78 is 17.2. The van der Waals surface area contributed by atoms with Crippen molar-refractivity contribution in [3.05, 3.63) is 29.6 Å². The van der Waals surface area contributed by atoms with Crippen LogP contribution in [0.3, 0.4) is 0 Å². The van der Waals surface area contributed by atoms with E-state index in [0.29, 0.717) is 4.90 Å². The number of ether oxygens (including phenoxy) is 1. The molecule has 0 saturated carbocycles. The zero-order valence-corrected chi connectivity index (χ0v) is 7.73. The van der Waals surface area contributed by atoms with Gasteiger partial charge in [0.1, 0.15) is 5.82 Å². The van der Waals surface area contributed by atoms with E-state index in [1.165, 1.54) is 19.2 Å². The van der Waals surface area contributed by atoms with Crippen molar-refractivity contribution >= 4 is 17.9 Å². The Balaban J connectivity index is 3.15. The lowest BCUT2D eigenvalue weighted by molar-refractivity contribution is 0.0596. The third kappa shape index (κ3) is 2.19. The number of carbonyl (C=O) groups excluding carboxylic acids is 1. The highest BCUT2D eigenvalue weighted by Crippen LogP contribution is 2.19. The maximum absolute atomic E-state index is 12.7. The van der Waals surface area contributed by atoms with E-state index in [9.17, 15) is 9.18 Å². The molecule has 0 unspecified atom stereocenters. The molecule has 0 bridgehead atoms. The van der Waals surface area contributed by atoms with Gasteiger partial charge >= 0.3 is 5.97 Å². The number of benzene rings is 1. The Hall–Kier alpha value is -1.07. The Morgan fingerprint density at radius 3 is 2.85 bits per heavy atom. The zero-order chi connectivity index (χ0) is 9.84. The number of rotatable bonds is 2. The first kappa shape index (κ1) is 10.0. The van der Waals surface area contributed by atoms with E-state index in [2.05, 4.69) is 4.74 Å². The molecule has 3 nitrogen and oxygen atoms in total. The Labute approximate surface area is 79.2 Å². The minimum absolute atomic E-state index is 0.148. The predicted octanol–water partition coefficient (Wildman–Crippen LogP) is 1.58. The number of nitrogens with two attached hydrogens (primary N) is 1. The van der Waals surface area contributed by atoms with Gasteiger partial charge in [0.25, 0.3) is 0 Å². The summed E-state index contributed by atoms with van der Waals surface area (Å²) in [5.41, 5.74) is 0.148. The largest absolute Gasteiger partial charge is 0.465 e. The van der Waals surface area contributed by atoms with Gasteiger partial charge in [0.2, 0.25) is 0 Å². The van der Waals surface area contributed by atoms with E-state index in [1.807, 2.05) is 0 Å². The molecule has 70 valence electrons. The first-order chi connectivity index (χ1) is 6.19. The topological polar surface area (TPSA) is 52.3 Å². The molecule has 1 rings (SSSR count). The highest BCUT2D eigenvalue weighted by Gasteiger charge is 2.12. The van der Waals surface area contributed by atoms with Crippen molar-refractivity contribution in [1.29, 1.82) is 0 Å². The monoisotopic (exact) mass is 201 g/mol. The smallest absolute Gasteiger partial charge is 0.339 e. The lowest BCUT2D eigenvalue weighted by Gasteiger charge is -2.04. The Morgan fingerprint density at radius 2 is 2.31 bits per heavy atom. The van der Waals surface area contributed by atoms with Crippen LogP contribution < -0.4 is 5.14 Å². The lowest BCUT2D eigenvalue weighted by atomic mass is 10.2. The summed E-state index contributed by atoms with van der Waals surface area (Å²) in [6.07, 6.45) is 0. The van der Waals surface area contributed by atoms with Crippen LogP contribution in [0.5, 0.6) is 0 Å². The first-order valence-corrected chi connectivity index (χ1v) is 4.31. The third-order valence-corrected chi connectivity index (χ3v) is 2.08. The maximum Gasteiger partial charge on any atom is 0.339 e. The molecule has 0 saturated heterocycles. The number of esters is 1. The minimum Gasteiger partial charge on any atom is -0.465 e. The molecule has 13 heavy (non-hydrogen) atoms. The Bertz CT molecular complexity index is 330. The van der Waals surface area contributed by atoms with Crippen LogP contribution >= 0.6 is 11.9 Å². The van der Waals surface area contributed by atoms with Gasteiger partial charge in [-0.2, -0.15) is 0 Å². The van der Waals surface area contributed by atoms with Gasteiger partial charge in [-0.15, -0.1) is 0 Å². The minimum atomic E-state index is -0.590. The molecule has 5 heteroatoms. The number of halogens is 1. The molecule has 0 aliphatic rings. The third-order valence-electron chi connectivity index (χ3n) is 1.47. The van der Waals surface area contributed by atoms with Crippen LogP contribution in [-0.4, -0.2) is 13.1 Å². The second kappa shape index (κ2) is 4.25. The summed E-state index contributed by atoms with van der Waals surface area (Å²) in [6, 6.07) is 3.77. The van der Waals surface area contributed by atoms with Gasteiger partial charge in [0.05, 0.1) is 12.7 Å². The van der Waals surface area contributed by atoms with Crippen LogP contribution in [0, 0.1) is 5.82 Å². The summed E-state index contributed by atoms with van der Waals surface area (Å²) in [5, 5.41) is 5.28. The molecule has 0 aliphatic heterocycles. The van der Waals surface area contributed by atoms with Crippen molar-refractivity contribution in [2.24, 2.45) is 5.14 Å². The zero-order valence-electron chi connectivity index (χ0n) is 6.91. The van der Waals surface area contributed by atoms with E-state index in [0.717, 1.165) is 18.0 Å². The van der Waals surface area contributed by atoms with Crippen molar-refractivity contribution in [3.63, 3.8) is 0 Å². The molecule has 1 aromatic carbocycles. The number of hydrogen-bond donors (Lipinski definition) is 1. The van der Waals surface area contributed by atoms with E-state index in [-0.39, 0.29) is 5.56 Å². The summed E-state index contributed by atoms with van der Waals surface area (Å²) in [6.45, 7) is 0. The SMILES string of the molecule is COC(=O)c1cc(F)ccc1SN. The van der Waals surface area contributed by atoms with E-state index in [1.54, 1.807) is 0 Å². The van der Waals surface area contributed by atoms with Gasteiger partial charge in [-0.05, 0) is 30.1 Å². The second-order valence-electron chi connectivity index (χ2n) is 2.25. The standard InChI is InChI=1S/C8H8FNO2S/c1-12-8(11)6-4-5(9)2-3-7(6)13-10/h2-4H,10H2,1H3. The highest BCUT2D eigenvalue weighted by molar-refractivity contribution is 7.97. The quantitative estimate of drug-likeness (QED) is 0.583. The molecule has 0 radical (unpaired) electrons. The lowest BCUT2D eigenvalue weighted by Crippen LogP contribution is -2.04. The molecule has 0 spiro atoms. The predicted molar refractivity (Wildman–Crippen MR) is 47.8 cm³/mol. The number of hydrogen-bond acceptors (Lipinski definition) is 4. The van der Waals surface area contributed by atoms with E-state index in [4.69, 9.17) is 5.14 Å². The van der Waals surface area contributed by atoms with Crippen molar-refractivity contribution in [1.82, 2.24) is 0 Å². The summed E-state index contributed by atoms with van der Waals surface area (Å²) in [5.74, 6) is -1.08. The summed E-state index contributed by atoms with van der Waals surface area (Å²) in [7, 11) is 1.23. The number of methoxy groups -OCH3 is 1. The van der Waals surface area contributed by atoms with Crippen LogP contribution in [0.25, 0.3) is 0 Å². The molecule has 1 aromatic rings. The van der Waals surface area contributed by atoms with Crippen molar-refractivity contribution in [2.45, 2.75) is 4.90 Å². The van der Waals surface area contributed by atoms with Gasteiger partial charge in [-0.25, -0.2) is 9.18 Å². The van der Waals surface area contributed by atoms with Crippen LogP contribution in [0.2, 0.25) is 0 Å². The van der Waals surface area contributed by atoms with Crippen molar-refractivity contribution < 1.29 is 13.9 Å². The van der Waals surface area contributed by atoms with Crippen LogP contribution in [-0.2, 0) is 4.74 Å². The van der Waals surface area contributed by atoms with Crippen molar-refractivity contribution in [2.75, 3.05) is 7.11 Å². The number of carbonyl (C=O) groups is 1. The summed E-state index contributed by atoms with van der Waals surface area (Å²) >= 11 is 0.880. The normalized spacial score (nSPS) is 9.77. The van der Waals surface area contributed by atoms with Gasteiger partial charge in [0.15, 0.2) is 0 Å². The van der Waals surface area contributed by atoms with Crippen LogP contribution in [0.1, 0.15) is 10.4 Å². The molecular weight excluding hydrogens is 193 g/mol. The molecule has 0 atom stereocenters. The van der Waals surface area contributed by atoms with Gasteiger partial charge < -0.3 is 4.74 Å². The van der Waals surface area contributed by atoms with Gasteiger partial charge in [0, 0.05) is 4.90 Å². The second-order valence-corrected chi connectivity index (χ2v) is 2.93. The van der Waals surface area contributed by atoms with Crippen LogP contribution in [0.15, 0.2) is 23.1 Å². The van der Waals surface area contributed by atoms with E-state index < -0.39 is 11.8 Å². The van der Waals surface area contributed by atoms with Crippen LogP contribution in [0.4, 0.5) is 4.39 Å². The molecule has 0 heterocycles. The average Bonchev–Trinajstić information content (AvgIpc) is 2.16. The van der Waals surface area contributed by atoms with E-state index >= 15 is 0 Å². The molecule has 0 aliphatic carbocycles. The fraction of sp³-hybridized carbons (Fsp3) is 0.125. The maximum atomic E-state index is 12.7.